The van der Waals surface area contributed by atoms with Gasteiger partial charge in [-0.15, -0.1) is 0 Å². The van der Waals surface area contributed by atoms with E-state index < -0.39 is 71.8 Å². The van der Waals surface area contributed by atoms with Crippen LogP contribution in [0.3, 0.4) is 0 Å². The van der Waals surface area contributed by atoms with Gasteiger partial charge in [-0.05, 0) is 82.4 Å². The zero-order valence-electron chi connectivity index (χ0n) is 27.4. The van der Waals surface area contributed by atoms with E-state index >= 15 is 0 Å². The predicted octanol–water partition coefficient (Wildman–Crippen LogP) is -4.12. The lowest BCUT2D eigenvalue weighted by Gasteiger charge is -2.26. The third kappa shape index (κ3) is 15.8. The lowest BCUT2D eigenvalue weighted by Crippen LogP contribution is -2.60. The van der Waals surface area contributed by atoms with Gasteiger partial charge in [0.15, 0.2) is 0 Å². The van der Waals surface area contributed by atoms with Crippen molar-refractivity contribution in [3.8, 4) is 5.75 Å². The molecule has 0 aromatic heterocycles. The van der Waals surface area contributed by atoms with Gasteiger partial charge in [-0.2, -0.15) is 12.6 Å². The maximum absolute atomic E-state index is 13.3. The summed E-state index contributed by atoms with van der Waals surface area (Å²) < 4.78 is 0. The van der Waals surface area contributed by atoms with Gasteiger partial charge in [0, 0.05) is 12.2 Å². The first-order valence-corrected chi connectivity index (χ1v) is 16.6. The summed E-state index contributed by atoms with van der Waals surface area (Å²) in [6.07, 6.45) is 1.30. The molecule has 18 nitrogen and oxygen atoms in total. The summed E-state index contributed by atoms with van der Waals surface area (Å²) in [5.74, 6) is -5.24. The van der Waals surface area contributed by atoms with Crippen molar-refractivity contribution in [2.45, 2.75) is 81.2 Å². The molecule has 1 rings (SSSR count). The number of hydrogen-bond donors (Lipinski definition) is 13. The molecule has 17 N–H and O–H groups in total. The van der Waals surface area contributed by atoms with Gasteiger partial charge in [-0.25, -0.2) is 4.79 Å². The second-order valence-electron chi connectivity index (χ2n) is 11.3. The SMILES string of the molecule is NCCCC[C@H](NC(=O)[C@@H](N)CCN)C(=O)N[C@@H](CCN)C(=O)N[C@@H](CCN)C(=O)N[C@@H](CS)C(=O)N[C@@H](Cc1ccc(O)cc1)C(=O)O. The number of nitrogens with one attached hydrogen (secondary N) is 5. The molecule has 0 saturated heterocycles. The van der Waals surface area contributed by atoms with Gasteiger partial charge in [0.1, 0.15) is 36.0 Å². The number of rotatable bonds is 24. The minimum absolute atomic E-state index is 0.0105. The highest BCUT2D eigenvalue weighted by atomic mass is 32.1. The maximum Gasteiger partial charge on any atom is 0.326 e. The van der Waals surface area contributed by atoms with Crippen molar-refractivity contribution in [2.24, 2.45) is 28.7 Å². The predicted molar refractivity (Wildman–Crippen MR) is 185 cm³/mol. The van der Waals surface area contributed by atoms with Gasteiger partial charge < -0.3 is 65.5 Å². The summed E-state index contributed by atoms with van der Waals surface area (Å²) >= 11 is 4.12. The molecule has 1 aromatic rings. The first-order valence-electron chi connectivity index (χ1n) is 16.0. The van der Waals surface area contributed by atoms with Gasteiger partial charge in [-0.1, -0.05) is 12.1 Å². The monoisotopic (exact) mass is 712 g/mol. The molecule has 0 aliphatic heterocycles. The molecule has 0 fully saturated rings. The fourth-order valence-corrected chi connectivity index (χ4v) is 4.83. The second kappa shape index (κ2) is 23.4. The quantitative estimate of drug-likeness (QED) is 0.0358. The van der Waals surface area contributed by atoms with Gasteiger partial charge in [0.25, 0.3) is 0 Å². The molecule has 6 atom stereocenters. The minimum Gasteiger partial charge on any atom is -0.508 e. The zero-order chi connectivity index (χ0) is 36.9. The van der Waals surface area contributed by atoms with E-state index in [0.29, 0.717) is 24.9 Å². The van der Waals surface area contributed by atoms with Crippen molar-refractivity contribution in [3.63, 3.8) is 0 Å². The Hall–Kier alpha value is -4.01. The van der Waals surface area contributed by atoms with E-state index in [4.69, 9.17) is 28.7 Å². The molecule has 276 valence electrons. The fourth-order valence-electron chi connectivity index (χ4n) is 4.57. The number of aromatic hydroxyl groups is 1. The fraction of sp³-hybridized carbons (Fsp3) is 0.600. The molecule has 0 heterocycles. The molecule has 0 spiro atoms. The highest BCUT2D eigenvalue weighted by Gasteiger charge is 2.32. The van der Waals surface area contributed by atoms with Crippen LogP contribution in [0, 0.1) is 0 Å². The Bertz CT molecular complexity index is 1230. The molecule has 0 aliphatic carbocycles. The van der Waals surface area contributed by atoms with Gasteiger partial charge in [-0.3, -0.25) is 24.0 Å². The van der Waals surface area contributed by atoms with Crippen LogP contribution in [0.25, 0.3) is 0 Å². The maximum atomic E-state index is 13.3. The molecule has 0 saturated carbocycles. The molecule has 0 radical (unpaired) electrons. The van der Waals surface area contributed by atoms with E-state index in [1.54, 1.807) is 0 Å². The van der Waals surface area contributed by atoms with E-state index in [0.717, 1.165) is 0 Å². The van der Waals surface area contributed by atoms with Crippen molar-refractivity contribution >= 4 is 48.1 Å². The molecule has 0 aliphatic rings. The Morgan fingerprint density at radius 1 is 0.592 bits per heavy atom. The van der Waals surface area contributed by atoms with E-state index in [-0.39, 0.29) is 63.2 Å². The summed E-state index contributed by atoms with van der Waals surface area (Å²) in [6.45, 7) is 0.468. The normalized spacial score (nSPS) is 14.7. The number of nitrogens with two attached hydrogens (primary N) is 5. The van der Waals surface area contributed by atoms with Crippen LogP contribution in [-0.4, -0.2) is 114 Å². The number of hydrogen-bond acceptors (Lipinski definition) is 13. The number of unbranched alkanes of at least 4 members (excludes halogenated alkanes) is 1. The van der Waals surface area contributed by atoms with Crippen molar-refractivity contribution in [3.05, 3.63) is 29.8 Å². The van der Waals surface area contributed by atoms with E-state index in [1.165, 1.54) is 24.3 Å². The van der Waals surface area contributed by atoms with Crippen LogP contribution in [-0.2, 0) is 35.2 Å². The minimum atomic E-state index is -1.36. The van der Waals surface area contributed by atoms with E-state index in [1.807, 2.05) is 0 Å². The summed E-state index contributed by atoms with van der Waals surface area (Å²) in [4.78, 5) is 77.3. The smallest absolute Gasteiger partial charge is 0.326 e. The standard InChI is InChI=1S/C30H52N10O8S/c31-11-2-1-3-20(36-25(42)19(35)8-12-32)26(43)37-21(9-13-33)27(44)38-22(10-14-34)28(45)40-24(16-49)29(46)39-23(30(47)48)15-17-4-6-18(41)7-5-17/h4-7,19-24,41,49H,1-3,8-16,31-35H2,(H,36,42)(H,37,43)(H,38,44)(H,39,46)(H,40,45)(H,47,48)/t19-,20-,21-,22-,23-,24-/m0/s1. The molecule has 0 unspecified atom stereocenters. The Morgan fingerprint density at radius 2 is 1.02 bits per heavy atom. The molecular formula is C30H52N10O8S. The van der Waals surface area contributed by atoms with Crippen LogP contribution in [0.2, 0.25) is 0 Å². The highest BCUT2D eigenvalue weighted by molar-refractivity contribution is 7.80. The third-order valence-electron chi connectivity index (χ3n) is 7.38. The number of aliphatic carboxylic acids is 1. The number of carboxylic acid groups (broad SMARTS) is 1. The first-order chi connectivity index (χ1) is 23.3. The Labute approximate surface area is 290 Å². The van der Waals surface area contributed by atoms with Crippen molar-refractivity contribution < 1.29 is 39.0 Å². The van der Waals surface area contributed by atoms with E-state index in [9.17, 15) is 39.0 Å². The average Bonchev–Trinajstić information content (AvgIpc) is 3.06. The van der Waals surface area contributed by atoms with Crippen molar-refractivity contribution in [1.82, 2.24) is 26.6 Å². The summed E-state index contributed by atoms with van der Waals surface area (Å²) in [5.41, 5.74) is 28.8. The summed E-state index contributed by atoms with van der Waals surface area (Å²) in [7, 11) is 0. The van der Waals surface area contributed by atoms with Crippen molar-refractivity contribution in [2.75, 3.05) is 31.9 Å². The number of carboxylic acids is 1. The second-order valence-corrected chi connectivity index (χ2v) is 11.7. The van der Waals surface area contributed by atoms with Crippen LogP contribution < -0.4 is 55.3 Å². The Balaban J connectivity index is 3.01. The van der Waals surface area contributed by atoms with E-state index in [2.05, 4.69) is 39.2 Å². The first kappa shape index (κ1) is 43.0. The Kier molecular flexibility index (Phi) is 20.5. The molecule has 0 bridgehead atoms. The number of benzene rings is 1. The Morgan fingerprint density at radius 3 is 1.47 bits per heavy atom. The number of phenols is 1. The molecular weight excluding hydrogens is 660 g/mol. The summed E-state index contributed by atoms with van der Waals surface area (Å²) in [6, 6.07) is -1.34. The molecule has 1 aromatic carbocycles. The number of thiol groups is 1. The van der Waals surface area contributed by atoms with Crippen LogP contribution in [0.4, 0.5) is 0 Å². The van der Waals surface area contributed by atoms with Crippen LogP contribution in [0.5, 0.6) is 5.75 Å². The third-order valence-corrected chi connectivity index (χ3v) is 7.74. The average molecular weight is 713 g/mol. The number of carbonyl (C=O) groups excluding carboxylic acids is 5. The number of phenolic OH excluding ortho intramolecular Hbond substituents is 1. The molecule has 49 heavy (non-hydrogen) atoms. The highest BCUT2D eigenvalue weighted by Crippen LogP contribution is 2.12. The number of carbonyl (C=O) groups is 6. The molecule has 5 amide bonds. The zero-order valence-corrected chi connectivity index (χ0v) is 28.3. The summed E-state index contributed by atoms with van der Waals surface area (Å²) in [5, 5.41) is 31.7. The van der Waals surface area contributed by atoms with Crippen LogP contribution >= 0.6 is 12.6 Å². The number of amides is 5. The lowest BCUT2D eigenvalue weighted by molar-refractivity contribution is -0.142. The van der Waals surface area contributed by atoms with Gasteiger partial charge in [0.05, 0.1) is 6.04 Å². The molecule has 19 heteroatoms. The van der Waals surface area contributed by atoms with Crippen LogP contribution in [0.15, 0.2) is 24.3 Å². The topological polar surface area (TPSA) is 333 Å². The lowest BCUT2D eigenvalue weighted by atomic mass is 10.1. The van der Waals surface area contributed by atoms with Gasteiger partial charge in [0.2, 0.25) is 29.5 Å². The van der Waals surface area contributed by atoms with Gasteiger partial charge >= 0.3 is 5.97 Å². The van der Waals surface area contributed by atoms with Crippen LogP contribution in [0.1, 0.15) is 44.1 Å². The van der Waals surface area contributed by atoms with Crippen molar-refractivity contribution in [1.29, 1.82) is 0 Å². The largest absolute Gasteiger partial charge is 0.508 e.